The summed E-state index contributed by atoms with van der Waals surface area (Å²) < 4.78 is 21.5. The second kappa shape index (κ2) is 7.20. The third kappa shape index (κ3) is 2.99. The molecule has 35 heavy (non-hydrogen) atoms. The van der Waals surface area contributed by atoms with Crippen molar-refractivity contribution < 1.29 is 13.7 Å². The molecule has 5 heteroatoms. The summed E-state index contributed by atoms with van der Waals surface area (Å²) in [6.45, 7) is 8.41. The maximum Gasteiger partial charge on any atom is 0.496 e. The monoisotopic (exact) mass is 476 g/mol. The van der Waals surface area contributed by atoms with Crippen LogP contribution in [-0.4, -0.2) is 18.3 Å². The number of thiophene rings is 1. The van der Waals surface area contributed by atoms with Crippen LogP contribution in [0.2, 0.25) is 0 Å². The van der Waals surface area contributed by atoms with Crippen LogP contribution in [0.15, 0.2) is 83.3 Å². The molecule has 1 saturated heterocycles. The molecule has 6 aromatic rings. The number of rotatable bonds is 2. The van der Waals surface area contributed by atoms with Crippen LogP contribution in [0.3, 0.4) is 0 Å². The summed E-state index contributed by atoms with van der Waals surface area (Å²) in [5.41, 5.74) is 4.60. The lowest BCUT2D eigenvalue weighted by Crippen LogP contribution is -2.41. The van der Waals surface area contributed by atoms with E-state index >= 15 is 0 Å². The van der Waals surface area contributed by atoms with E-state index in [0.717, 1.165) is 22.0 Å². The number of hydrogen-bond acceptors (Lipinski definition) is 4. The van der Waals surface area contributed by atoms with Crippen molar-refractivity contribution in [3.05, 3.63) is 78.9 Å². The molecule has 0 N–H and O–H groups in total. The molecule has 0 unspecified atom stereocenters. The average molecular weight is 476 g/mol. The van der Waals surface area contributed by atoms with Gasteiger partial charge in [0, 0.05) is 36.6 Å². The van der Waals surface area contributed by atoms with Gasteiger partial charge < -0.3 is 13.7 Å². The smallest absolute Gasteiger partial charge is 0.456 e. The summed E-state index contributed by atoms with van der Waals surface area (Å²) in [5.74, 6) is 0. The Balaban J connectivity index is 1.48. The highest BCUT2D eigenvalue weighted by Gasteiger charge is 2.52. The minimum absolute atomic E-state index is 0.375. The van der Waals surface area contributed by atoms with Gasteiger partial charge in [-0.1, -0.05) is 66.7 Å². The van der Waals surface area contributed by atoms with Gasteiger partial charge in [-0.15, -0.1) is 11.3 Å². The van der Waals surface area contributed by atoms with Gasteiger partial charge in [-0.2, -0.15) is 0 Å². The first-order chi connectivity index (χ1) is 16.8. The van der Waals surface area contributed by atoms with Crippen molar-refractivity contribution in [2.75, 3.05) is 0 Å². The Bertz CT molecular complexity index is 1760. The summed E-state index contributed by atoms with van der Waals surface area (Å²) in [4.78, 5) is 0. The van der Waals surface area contributed by atoms with E-state index in [2.05, 4.69) is 94.4 Å². The van der Waals surface area contributed by atoms with E-state index in [1.54, 1.807) is 0 Å². The van der Waals surface area contributed by atoms with E-state index < -0.39 is 0 Å². The summed E-state index contributed by atoms with van der Waals surface area (Å²) >= 11 is 1.82. The second-order valence-corrected chi connectivity index (χ2v) is 11.4. The molecule has 0 bridgehead atoms. The highest BCUT2D eigenvalue weighted by molar-refractivity contribution is 7.27. The normalized spacial score (nSPS) is 17.3. The molecule has 1 fully saturated rings. The Morgan fingerprint density at radius 2 is 1.20 bits per heavy atom. The minimum atomic E-state index is -0.388. The summed E-state index contributed by atoms with van der Waals surface area (Å²) in [7, 11) is -0.388. The van der Waals surface area contributed by atoms with Crippen molar-refractivity contribution in [3.63, 3.8) is 0 Å². The predicted molar refractivity (Wildman–Crippen MR) is 148 cm³/mol. The molecule has 3 heterocycles. The highest BCUT2D eigenvalue weighted by Crippen LogP contribution is 2.44. The Morgan fingerprint density at radius 3 is 2.00 bits per heavy atom. The first-order valence-corrected chi connectivity index (χ1v) is 12.9. The fourth-order valence-corrected chi connectivity index (χ4v) is 6.56. The maximum atomic E-state index is 6.44. The maximum absolute atomic E-state index is 6.44. The largest absolute Gasteiger partial charge is 0.496 e. The van der Waals surface area contributed by atoms with Crippen molar-refractivity contribution in [1.82, 2.24) is 0 Å². The topological polar surface area (TPSA) is 31.6 Å². The molecule has 0 amide bonds. The zero-order chi connectivity index (χ0) is 23.9. The van der Waals surface area contributed by atoms with Crippen molar-refractivity contribution in [2.24, 2.45) is 0 Å². The molecule has 4 aromatic carbocycles. The van der Waals surface area contributed by atoms with E-state index in [1.807, 2.05) is 23.5 Å². The molecule has 0 radical (unpaired) electrons. The van der Waals surface area contributed by atoms with E-state index in [1.165, 1.54) is 36.7 Å². The number of para-hydroxylation sites is 1. The lowest BCUT2D eigenvalue weighted by atomic mass is 9.78. The molecule has 7 rings (SSSR count). The fourth-order valence-electron chi connectivity index (χ4n) is 5.21. The van der Waals surface area contributed by atoms with Crippen LogP contribution in [0.25, 0.3) is 53.2 Å². The van der Waals surface area contributed by atoms with Gasteiger partial charge >= 0.3 is 7.12 Å². The third-order valence-corrected chi connectivity index (χ3v) is 9.06. The van der Waals surface area contributed by atoms with Gasteiger partial charge in [0.15, 0.2) is 0 Å². The Kier molecular flexibility index (Phi) is 4.36. The van der Waals surface area contributed by atoms with Gasteiger partial charge in [-0.25, -0.2) is 0 Å². The summed E-state index contributed by atoms with van der Waals surface area (Å²) in [6, 6.07) is 27.7. The molecule has 2 aromatic heterocycles. The molecule has 1 aliphatic heterocycles. The Hall–Kier alpha value is -3.12. The predicted octanol–water partition coefficient (Wildman–Crippen LogP) is 7.92. The van der Waals surface area contributed by atoms with Gasteiger partial charge in [0.25, 0.3) is 0 Å². The number of fused-ring (bicyclic) bond motifs is 6. The molecular formula is C30H25BO3S. The van der Waals surface area contributed by atoms with Crippen LogP contribution in [0, 0.1) is 0 Å². The van der Waals surface area contributed by atoms with Crippen LogP contribution >= 0.6 is 11.3 Å². The number of benzene rings is 4. The van der Waals surface area contributed by atoms with Crippen molar-refractivity contribution in [1.29, 1.82) is 0 Å². The number of furan rings is 1. The van der Waals surface area contributed by atoms with Crippen LogP contribution < -0.4 is 5.46 Å². The lowest BCUT2D eigenvalue weighted by Gasteiger charge is -2.32. The van der Waals surface area contributed by atoms with Crippen molar-refractivity contribution >= 4 is 66.0 Å². The molecule has 0 spiro atoms. The van der Waals surface area contributed by atoms with Crippen LogP contribution in [-0.2, 0) is 9.31 Å². The van der Waals surface area contributed by atoms with Gasteiger partial charge in [0.1, 0.15) is 11.2 Å². The summed E-state index contributed by atoms with van der Waals surface area (Å²) in [6.07, 6.45) is 0. The molecule has 1 aliphatic rings. The van der Waals surface area contributed by atoms with E-state index in [0.29, 0.717) is 0 Å². The van der Waals surface area contributed by atoms with E-state index in [-0.39, 0.29) is 18.3 Å². The summed E-state index contributed by atoms with van der Waals surface area (Å²) in [5, 5.41) is 4.81. The minimum Gasteiger partial charge on any atom is -0.456 e. The molecule has 3 nitrogen and oxygen atoms in total. The van der Waals surface area contributed by atoms with Gasteiger partial charge in [0.2, 0.25) is 0 Å². The van der Waals surface area contributed by atoms with Crippen LogP contribution in [0.5, 0.6) is 0 Å². The quantitative estimate of drug-likeness (QED) is 0.238. The van der Waals surface area contributed by atoms with Gasteiger partial charge in [0.05, 0.1) is 11.2 Å². The van der Waals surface area contributed by atoms with Crippen molar-refractivity contribution in [3.8, 4) is 11.1 Å². The van der Waals surface area contributed by atoms with E-state index in [9.17, 15) is 0 Å². The zero-order valence-electron chi connectivity index (χ0n) is 20.2. The fraction of sp³-hybridized carbons (Fsp3) is 0.200. The molecule has 172 valence electrons. The standard InChI is InChI=1S/C30H25BO3S/c1-29(2)30(3,4)34-31(33-29)23-15-8-14-21-20-13-7-12-19(27(20)35-28(21)23)18-11-9-17-25-26(18)22-10-5-6-16-24(22)32-25/h5-17H,1-4H3. The first-order valence-electron chi connectivity index (χ1n) is 12.0. The highest BCUT2D eigenvalue weighted by atomic mass is 32.1. The van der Waals surface area contributed by atoms with Crippen LogP contribution in [0.1, 0.15) is 27.7 Å². The first kappa shape index (κ1) is 21.2. The molecule has 0 atom stereocenters. The zero-order valence-corrected chi connectivity index (χ0v) is 21.0. The van der Waals surface area contributed by atoms with Crippen LogP contribution in [0.4, 0.5) is 0 Å². The van der Waals surface area contributed by atoms with E-state index in [4.69, 9.17) is 13.7 Å². The lowest BCUT2D eigenvalue weighted by molar-refractivity contribution is 0.00578. The Morgan fingerprint density at radius 1 is 0.600 bits per heavy atom. The second-order valence-electron chi connectivity index (χ2n) is 10.4. The van der Waals surface area contributed by atoms with Gasteiger partial charge in [-0.05, 0) is 50.8 Å². The molecule has 0 saturated carbocycles. The average Bonchev–Trinajstić information content (AvgIpc) is 3.47. The van der Waals surface area contributed by atoms with Crippen molar-refractivity contribution in [2.45, 2.75) is 38.9 Å². The molecule has 0 aliphatic carbocycles. The SMILES string of the molecule is CC1(C)OB(c2cccc3c2sc2c(-c4cccc5oc6ccccc6c45)cccc23)OC1(C)C. The van der Waals surface area contributed by atoms with Gasteiger partial charge in [-0.3, -0.25) is 0 Å². The Labute approximate surface area is 208 Å². The third-order valence-electron chi connectivity index (χ3n) is 7.75. The molecular weight excluding hydrogens is 451 g/mol. The number of hydrogen-bond donors (Lipinski definition) is 0.